The topological polar surface area (TPSA) is 119 Å². The van der Waals surface area contributed by atoms with E-state index in [2.05, 4.69) is 5.32 Å². The van der Waals surface area contributed by atoms with Gasteiger partial charge in [-0.05, 0) is 69.5 Å². The van der Waals surface area contributed by atoms with E-state index in [1.165, 1.54) is 6.08 Å². The molecule has 0 saturated heterocycles. The Morgan fingerprint density at radius 3 is 2.04 bits per heavy atom. The van der Waals surface area contributed by atoms with Gasteiger partial charge in [0.1, 0.15) is 11.3 Å². The molecule has 1 rings (SSSR count). The third kappa shape index (κ3) is 5.42. The summed E-state index contributed by atoms with van der Waals surface area (Å²) >= 11 is 0. The van der Waals surface area contributed by atoms with Gasteiger partial charge < -0.3 is 15.6 Å². The summed E-state index contributed by atoms with van der Waals surface area (Å²) in [6.07, 6.45) is 0.460. The Bertz CT molecular complexity index is 691. The first-order valence-corrected chi connectivity index (χ1v) is 7.26. The van der Waals surface area contributed by atoms with E-state index in [1.807, 2.05) is 0 Å². The van der Waals surface area contributed by atoms with E-state index >= 15 is 0 Å². The second-order valence-corrected chi connectivity index (χ2v) is 6.38. The maximum Gasteiger partial charge on any atom is 0.412 e. The number of benzene rings is 1. The van der Waals surface area contributed by atoms with Gasteiger partial charge in [-0.15, -0.1) is 0 Å². The summed E-state index contributed by atoms with van der Waals surface area (Å²) in [5.74, 6) is -1.87. The standard InChI is InChI=1S/C17H22N2O5/c1-9-6-11(14(18)20)7-10(2)12(9)8-13(15(21)22)19-16(23)24-17(3,4)5/h6-8H,1-5H3,(H2,18,20)(H,19,23)(H,21,22)/b13-8-. The van der Waals surface area contributed by atoms with Crippen LogP contribution in [0.1, 0.15) is 47.8 Å². The van der Waals surface area contributed by atoms with Crippen molar-refractivity contribution in [1.29, 1.82) is 0 Å². The van der Waals surface area contributed by atoms with Crippen LogP contribution in [0.4, 0.5) is 4.79 Å². The van der Waals surface area contributed by atoms with Gasteiger partial charge in [0.15, 0.2) is 0 Å². The molecule has 0 fully saturated rings. The van der Waals surface area contributed by atoms with E-state index in [9.17, 15) is 19.5 Å². The van der Waals surface area contributed by atoms with Gasteiger partial charge in [-0.25, -0.2) is 9.59 Å². The van der Waals surface area contributed by atoms with E-state index in [-0.39, 0.29) is 5.70 Å². The molecule has 0 heterocycles. The van der Waals surface area contributed by atoms with Gasteiger partial charge >= 0.3 is 12.1 Å². The lowest BCUT2D eigenvalue weighted by atomic mass is 9.98. The summed E-state index contributed by atoms with van der Waals surface area (Å²) in [5.41, 5.74) is 6.41. The minimum Gasteiger partial charge on any atom is -0.477 e. The summed E-state index contributed by atoms with van der Waals surface area (Å²) in [7, 11) is 0. The zero-order valence-corrected chi connectivity index (χ0v) is 14.4. The van der Waals surface area contributed by atoms with Gasteiger partial charge in [0.25, 0.3) is 0 Å². The number of hydrogen-bond acceptors (Lipinski definition) is 4. The molecule has 0 aromatic heterocycles. The number of ether oxygens (including phenoxy) is 1. The zero-order valence-electron chi connectivity index (χ0n) is 14.4. The SMILES string of the molecule is Cc1cc(C(N)=O)cc(C)c1/C=C(\NC(=O)OC(C)(C)C)C(=O)O. The number of amides is 2. The van der Waals surface area contributed by atoms with E-state index < -0.39 is 23.6 Å². The summed E-state index contributed by atoms with van der Waals surface area (Å²) in [6.45, 7) is 8.46. The van der Waals surface area contributed by atoms with Crippen LogP contribution in [-0.4, -0.2) is 28.7 Å². The highest BCUT2D eigenvalue weighted by molar-refractivity contribution is 5.97. The largest absolute Gasteiger partial charge is 0.477 e. The smallest absolute Gasteiger partial charge is 0.412 e. The quantitative estimate of drug-likeness (QED) is 0.730. The Kier molecular flexibility index (Phi) is 5.73. The van der Waals surface area contributed by atoms with Crippen LogP contribution in [0.2, 0.25) is 0 Å². The highest BCUT2D eigenvalue weighted by Crippen LogP contribution is 2.19. The molecule has 7 nitrogen and oxygen atoms in total. The van der Waals surface area contributed by atoms with Crippen LogP contribution >= 0.6 is 0 Å². The summed E-state index contributed by atoms with van der Waals surface area (Å²) in [6, 6.07) is 3.13. The normalized spacial score (nSPS) is 11.8. The Labute approximate surface area is 140 Å². The highest BCUT2D eigenvalue weighted by atomic mass is 16.6. The van der Waals surface area contributed by atoms with E-state index in [0.29, 0.717) is 22.3 Å². The molecule has 1 aromatic carbocycles. The number of alkyl carbamates (subject to hydrolysis) is 1. The minimum absolute atomic E-state index is 0.331. The van der Waals surface area contributed by atoms with Gasteiger partial charge in [0.2, 0.25) is 5.91 Å². The number of nitrogens with one attached hydrogen (secondary N) is 1. The van der Waals surface area contributed by atoms with Crippen LogP contribution in [-0.2, 0) is 9.53 Å². The third-order valence-electron chi connectivity index (χ3n) is 3.03. The highest BCUT2D eigenvalue weighted by Gasteiger charge is 2.20. The van der Waals surface area contributed by atoms with Gasteiger partial charge in [-0.2, -0.15) is 0 Å². The molecule has 4 N–H and O–H groups in total. The van der Waals surface area contributed by atoms with Crippen molar-refractivity contribution in [3.05, 3.63) is 40.1 Å². The van der Waals surface area contributed by atoms with Crippen molar-refractivity contribution in [3.63, 3.8) is 0 Å². The fourth-order valence-corrected chi connectivity index (χ4v) is 2.05. The van der Waals surface area contributed by atoms with E-state index in [1.54, 1.807) is 46.8 Å². The number of carboxylic acid groups (broad SMARTS) is 1. The Balaban J connectivity index is 3.20. The van der Waals surface area contributed by atoms with E-state index in [0.717, 1.165) is 0 Å². The number of carbonyl (C=O) groups excluding carboxylic acids is 2. The number of primary amides is 1. The van der Waals surface area contributed by atoms with Crippen LogP contribution in [0.15, 0.2) is 17.8 Å². The maximum absolute atomic E-state index is 11.8. The Hall–Kier alpha value is -2.83. The van der Waals surface area contributed by atoms with Gasteiger partial charge in [-0.1, -0.05) is 0 Å². The predicted octanol–water partition coefficient (Wildman–Crippen LogP) is 2.35. The lowest BCUT2D eigenvalue weighted by Gasteiger charge is -2.20. The number of hydrogen-bond donors (Lipinski definition) is 3. The van der Waals surface area contributed by atoms with Crippen molar-refractivity contribution in [2.24, 2.45) is 5.73 Å². The van der Waals surface area contributed by atoms with Gasteiger partial charge in [0, 0.05) is 5.56 Å². The van der Waals surface area contributed by atoms with Crippen molar-refractivity contribution in [2.45, 2.75) is 40.2 Å². The fraction of sp³-hybridized carbons (Fsp3) is 0.353. The average Bonchev–Trinajstić information content (AvgIpc) is 2.38. The molecule has 0 aliphatic rings. The number of carbonyl (C=O) groups is 3. The van der Waals surface area contributed by atoms with Crippen molar-refractivity contribution >= 4 is 24.0 Å². The monoisotopic (exact) mass is 334 g/mol. The molecule has 2 amide bonds. The van der Waals surface area contributed by atoms with Crippen LogP contribution in [0.25, 0.3) is 6.08 Å². The van der Waals surface area contributed by atoms with Gasteiger partial charge in [0.05, 0.1) is 0 Å². The molecule has 0 radical (unpaired) electrons. The first-order chi connectivity index (χ1) is 10.9. The number of carboxylic acids is 1. The van der Waals surface area contributed by atoms with Crippen LogP contribution in [0.5, 0.6) is 0 Å². The predicted molar refractivity (Wildman–Crippen MR) is 89.4 cm³/mol. The van der Waals surface area contributed by atoms with Crippen LogP contribution in [0.3, 0.4) is 0 Å². The average molecular weight is 334 g/mol. The summed E-state index contributed by atoms with van der Waals surface area (Å²) in [5, 5.41) is 11.5. The summed E-state index contributed by atoms with van der Waals surface area (Å²) < 4.78 is 5.05. The third-order valence-corrected chi connectivity index (χ3v) is 3.03. The second kappa shape index (κ2) is 7.16. The molecule has 0 spiro atoms. The minimum atomic E-state index is -1.31. The molecule has 0 unspecified atom stereocenters. The van der Waals surface area contributed by atoms with Crippen LogP contribution < -0.4 is 11.1 Å². The molecule has 7 heteroatoms. The maximum atomic E-state index is 11.8. The van der Waals surface area contributed by atoms with Crippen molar-refractivity contribution in [1.82, 2.24) is 5.32 Å². The molecular formula is C17H22N2O5. The van der Waals surface area contributed by atoms with Crippen molar-refractivity contribution in [2.75, 3.05) is 0 Å². The number of rotatable bonds is 4. The summed E-state index contributed by atoms with van der Waals surface area (Å²) in [4.78, 5) is 34.4. The number of aliphatic carboxylic acids is 1. The molecule has 0 aliphatic carbocycles. The first-order valence-electron chi connectivity index (χ1n) is 7.26. The molecule has 0 bridgehead atoms. The molecule has 0 saturated carbocycles. The van der Waals surface area contributed by atoms with Crippen molar-refractivity contribution < 1.29 is 24.2 Å². The number of aryl methyl sites for hydroxylation is 2. The molecule has 1 aromatic rings. The molecule has 0 aliphatic heterocycles. The lowest BCUT2D eigenvalue weighted by molar-refractivity contribution is -0.133. The Morgan fingerprint density at radius 2 is 1.67 bits per heavy atom. The Morgan fingerprint density at radius 1 is 1.17 bits per heavy atom. The molecule has 0 atom stereocenters. The zero-order chi connectivity index (χ0) is 18.7. The molecule has 130 valence electrons. The number of nitrogens with two attached hydrogens (primary N) is 1. The van der Waals surface area contributed by atoms with E-state index in [4.69, 9.17) is 10.5 Å². The van der Waals surface area contributed by atoms with Crippen molar-refractivity contribution in [3.8, 4) is 0 Å². The molecular weight excluding hydrogens is 312 g/mol. The van der Waals surface area contributed by atoms with Crippen LogP contribution in [0, 0.1) is 13.8 Å². The lowest BCUT2D eigenvalue weighted by Crippen LogP contribution is -2.34. The fourth-order valence-electron chi connectivity index (χ4n) is 2.05. The first kappa shape index (κ1) is 19.2. The molecule has 24 heavy (non-hydrogen) atoms. The van der Waals surface area contributed by atoms with Gasteiger partial charge in [-0.3, -0.25) is 10.1 Å². The second-order valence-electron chi connectivity index (χ2n) is 6.38.